The quantitative estimate of drug-likeness (QED) is 0.540. The Morgan fingerprint density at radius 1 is 1.08 bits per heavy atom. The normalized spacial score (nSPS) is 10.5. The molecule has 2 aromatic rings. The van der Waals surface area contributed by atoms with Crippen LogP contribution in [0.2, 0.25) is 10.0 Å². The van der Waals surface area contributed by atoms with Crippen LogP contribution in [0.5, 0.6) is 11.5 Å². The average molecular weight is 396 g/mol. The lowest BCUT2D eigenvalue weighted by Crippen LogP contribution is -2.28. The van der Waals surface area contributed by atoms with Gasteiger partial charge in [-0.1, -0.05) is 23.2 Å². The van der Waals surface area contributed by atoms with Crippen LogP contribution in [0.4, 0.5) is 0 Å². The molecular formula is C17H13Cl2N2O5-. The van der Waals surface area contributed by atoms with Crippen molar-refractivity contribution < 1.29 is 24.2 Å². The van der Waals surface area contributed by atoms with E-state index in [4.69, 9.17) is 32.7 Å². The average Bonchev–Trinajstić information content (AvgIpc) is 2.60. The Balaban J connectivity index is 1.78. The van der Waals surface area contributed by atoms with E-state index in [1.165, 1.54) is 12.3 Å². The van der Waals surface area contributed by atoms with Crippen molar-refractivity contribution in [1.82, 2.24) is 5.43 Å². The minimum absolute atomic E-state index is 0.269. The molecule has 7 nitrogen and oxygen atoms in total. The summed E-state index contributed by atoms with van der Waals surface area (Å²) in [6, 6.07) is 11.1. The summed E-state index contributed by atoms with van der Waals surface area (Å²) in [7, 11) is 0. The van der Waals surface area contributed by atoms with Crippen LogP contribution in [0, 0.1) is 0 Å². The summed E-state index contributed by atoms with van der Waals surface area (Å²) in [4.78, 5) is 22.0. The second-order valence-electron chi connectivity index (χ2n) is 4.89. The van der Waals surface area contributed by atoms with Crippen LogP contribution in [0.1, 0.15) is 5.56 Å². The van der Waals surface area contributed by atoms with E-state index in [1.807, 2.05) is 0 Å². The van der Waals surface area contributed by atoms with Gasteiger partial charge in [0.1, 0.15) is 18.1 Å². The van der Waals surface area contributed by atoms with Crippen LogP contribution in [0.25, 0.3) is 0 Å². The van der Waals surface area contributed by atoms with Crippen molar-refractivity contribution in [2.24, 2.45) is 5.10 Å². The third-order valence-corrected chi connectivity index (χ3v) is 3.42. The van der Waals surface area contributed by atoms with Crippen LogP contribution in [-0.2, 0) is 9.59 Å². The molecule has 0 aliphatic carbocycles. The number of carbonyl (C=O) groups is 2. The number of nitrogens with one attached hydrogen (secondary N) is 1. The van der Waals surface area contributed by atoms with Gasteiger partial charge in [0.2, 0.25) is 0 Å². The minimum atomic E-state index is -1.31. The first-order chi connectivity index (χ1) is 12.4. The molecule has 2 aromatic carbocycles. The number of carbonyl (C=O) groups excluding carboxylic acids is 2. The SMILES string of the molecule is O=C([O-])COc1ccc(/C=N\NC(=O)COc2ccc(Cl)cc2Cl)cc1. The summed E-state index contributed by atoms with van der Waals surface area (Å²) in [5.74, 6) is -1.06. The van der Waals surface area contributed by atoms with Gasteiger partial charge >= 0.3 is 0 Å². The third kappa shape index (κ3) is 6.62. The Bertz CT molecular complexity index is 809. The van der Waals surface area contributed by atoms with E-state index in [-0.39, 0.29) is 6.61 Å². The number of hydrazone groups is 1. The molecule has 0 bridgehead atoms. The number of ether oxygens (including phenoxy) is 2. The van der Waals surface area contributed by atoms with E-state index in [0.717, 1.165) is 0 Å². The van der Waals surface area contributed by atoms with Gasteiger partial charge in [0, 0.05) is 5.02 Å². The molecule has 9 heteroatoms. The molecule has 26 heavy (non-hydrogen) atoms. The summed E-state index contributed by atoms with van der Waals surface area (Å²) in [5, 5.41) is 14.9. The molecule has 136 valence electrons. The minimum Gasteiger partial charge on any atom is -0.546 e. The zero-order valence-electron chi connectivity index (χ0n) is 13.3. The van der Waals surface area contributed by atoms with E-state index < -0.39 is 18.5 Å². The molecule has 1 amide bonds. The van der Waals surface area contributed by atoms with E-state index >= 15 is 0 Å². The molecular weight excluding hydrogens is 383 g/mol. The summed E-state index contributed by atoms with van der Waals surface area (Å²) in [6.45, 7) is -0.796. The molecule has 0 spiro atoms. The Hall–Kier alpha value is -2.77. The number of benzene rings is 2. The zero-order valence-corrected chi connectivity index (χ0v) is 14.8. The van der Waals surface area contributed by atoms with E-state index in [2.05, 4.69) is 10.5 Å². The lowest BCUT2D eigenvalue weighted by molar-refractivity contribution is -0.307. The monoisotopic (exact) mass is 395 g/mol. The molecule has 0 unspecified atom stereocenters. The smallest absolute Gasteiger partial charge is 0.277 e. The fourth-order valence-corrected chi connectivity index (χ4v) is 2.20. The molecule has 0 saturated carbocycles. The second-order valence-corrected chi connectivity index (χ2v) is 5.73. The molecule has 0 atom stereocenters. The Kier molecular flexibility index (Phi) is 7.25. The van der Waals surface area contributed by atoms with Gasteiger partial charge in [0.05, 0.1) is 17.2 Å². The highest BCUT2D eigenvalue weighted by Crippen LogP contribution is 2.27. The Morgan fingerprint density at radius 2 is 1.81 bits per heavy atom. The van der Waals surface area contributed by atoms with Crippen LogP contribution < -0.4 is 20.0 Å². The predicted molar refractivity (Wildman–Crippen MR) is 94.6 cm³/mol. The molecule has 0 radical (unpaired) electrons. The molecule has 0 aliphatic rings. The van der Waals surface area contributed by atoms with E-state index in [0.29, 0.717) is 27.1 Å². The Morgan fingerprint density at radius 3 is 2.46 bits per heavy atom. The lowest BCUT2D eigenvalue weighted by atomic mass is 10.2. The number of nitrogens with zero attached hydrogens (tertiary/aromatic N) is 1. The summed E-state index contributed by atoms with van der Waals surface area (Å²) >= 11 is 11.7. The maximum atomic E-state index is 11.7. The van der Waals surface area contributed by atoms with Crippen molar-refractivity contribution in [2.75, 3.05) is 13.2 Å². The largest absolute Gasteiger partial charge is 0.546 e. The topological polar surface area (TPSA) is 100 Å². The van der Waals surface area contributed by atoms with Gasteiger partial charge < -0.3 is 19.4 Å². The first kappa shape index (κ1) is 19.6. The standard InChI is InChI=1S/C17H14Cl2N2O5/c18-12-3-6-15(14(19)7-12)26-9-16(22)21-20-8-11-1-4-13(5-2-11)25-10-17(23)24/h1-8H,9-10H2,(H,21,22)(H,23,24)/p-1/b20-8-. The van der Waals surface area contributed by atoms with Gasteiger partial charge in [-0.25, -0.2) is 5.43 Å². The number of carboxylic acid groups (broad SMARTS) is 1. The van der Waals surface area contributed by atoms with Gasteiger partial charge in [-0.3, -0.25) is 4.79 Å². The molecule has 0 saturated heterocycles. The highest BCUT2D eigenvalue weighted by atomic mass is 35.5. The first-order valence-corrected chi connectivity index (χ1v) is 8.02. The fourth-order valence-electron chi connectivity index (χ4n) is 1.74. The van der Waals surface area contributed by atoms with E-state index in [1.54, 1.807) is 36.4 Å². The second kappa shape index (κ2) is 9.65. The van der Waals surface area contributed by atoms with Gasteiger partial charge in [0.25, 0.3) is 5.91 Å². The highest BCUT2D eigenvalue weighted by molar-refractivity contribution is 6.35. The van der Waals surface area contributed by atoms with Crippen molar-refractivity contribution in [2.45, 2.75) is 0 Å². The fraction of sp³-hybridized carbons (Fsp3) is 0.118. The van der Waals surface area contributed by atoms with Crippen molar-refractivity contribution >= 4 is 41.3 Å². The summed E-state index contributed by atoms with van der Waals surface area (Å²) in [6.07, 6.45) is 1.41. The number of amides is 1. The van der Waals surface area contributed by atoms with Crippen LogP contribution >= 0.6 is 23.2 Å². The number of carboxylic acids is 1. The maximum absolute atomic E-state index is 11.7. The number of aliphatic carboxylic acids is 1. The van der Waals surface area contributed by atoms with Crippen LogP contribution in [0.15, 0.2) is 47.6 Å². The van der Waals surface area contributed by atoms with Crippen molar-refractivity contribution in [3.8, 4) is 11.5 Å². The number of hydrogen-bond donors (Lipinski definition) is 1. The van der Waals surface area contributed by atoms with Crippen molar-refractivity contribution in [3.05, 3.63) is 58.1 Å². The number of halogens is 2. The molecule has 0 aromatic heterocycles. The maximum Gasteiger partial charge on any atom is 0.277 e. The zero-order chi connectivity index (χ0) is 18.9. The van der Waals surface area contributed by atoms with Gasteiger partial charge in [0.15, 0.2) is 6.61 Å². The molecule has 0 heterocycles. The van der Waals surface area contributed by atoms with Gasteiger partial charge in [-0.2, -0.15) is 5.10 Å². The lowest BCUT2D eigenvalue weighted by Gasteiger charge is -2.07. The molecule has 0 fully saturated rings. The van der Waals surface area contributed by atoms with Gasteiger partial charge in [-0.05, 0) is 48.0 Å². The molecule has 1 N–H and O–H groups in total. The molecule has 2 rings (SSSR count). The highest BCUT2D eigenvalue weighted by Gasteiger charge is 2.05. The Labute approximate surface area is 159 Å². The molecule has 0 aliphatic heterocycles. The predicted octanol–water partition coefficient (Wildman–Crippen LogP) is 1.65. The summed E-state index contributed by atoms with van der Waals surface area (Å²) in [5.41, 5.74) is 2.98. The van der Waals surface area contributed by atoms with Crippen molar-refractivity contribution in [1.29, 1.82) is 0 Å². The van der Waals surface area contributed by atoms with Crippen LogP contribution in [-0.4, -0.2) is 31.3 Å². The van der Waals surface area contributed by atoms with Gasteiger partial charge in [-0.15, -0.1) is 0 Å². The first-order valence-electron chi connectivity index (χ1n) is 7.26. The van der Waals surface area contributed by atoms with Crippen LogP contribution in [0.3, 0.4) is 0 Å². The number of hydrogen-bond acceptors (Lipinski definition) is 6. The number of rotatable bonds is 8. The van der Waals surface area contributed by atoms with E-state index in [9.17, 15) is 14.7 Å². The third-order valence-electron chi connectivity index (χ3n) is 2.89. The van der Waals surface area contributed by atoms with Crippen molar-refractivity contribution in [3.63, 3.8) is 0 Å². The summed E-state index contributed by atoms with van der Waals surface area (Å²) < 4.78 is 10.2.